The van der Waals surface area contributed by atoms with Crippen LogP contribution in [0.3, 0.4) is 0 Å². The minimum absolute atomic E-state index is 0.123. The first-order valence-corrected chi connectivity index (χ1v) is 11.5. The Morgan fingerprint density at radius 3 is 2.36 bits per heavy atom. The molecule has 0 aromatic heterocycles. The Kier molecular flexibility index (Phi) is 5.09. The third-order valence-electron chi connectivity index (χ3n) is 4.44. The molecule has 3 nitrogen and oxygen atoms in total. The molecule has 0 radical (unpaired) electrons. The molecule has 2 atom stereocenters. The Labute approximate surface area is 138 Å². The standard InChI is InChI=1S/C17H26O3SSi/c1-12-7-9-13(10-8-12)21-16-14(11-15(18)19-16)20-22(5,6)17(2,3)4/h7-10,14,16H,11H2,1-6H3/t14-,16-/m1/s1. The number of aryl methyl sites for hydroxylation is 1. The minimum atomic E-state index is -1.91. The highest BCUT2D eigenvalue weighted by Crippen LogP contribution is 2.41. The monoisotopic (exact) mass is 338 g/mol. The van der Waals surface area contributed by atoms with Crippen molar-refractivity contribution in [2.45, 2.75) is 68.7 Å². The normalized spacial score (nSPS) is 22.7. The molecule has 1 fully saturated rings. The average molecular weight is 339 g/mol. The van der Waals surface area contributed by atoms with Gasteiger partial charge in [-0.1, -0.05) is 50.2 Å². The number of thioether (sulfide) groups is 1. The number of hydrogen-bond donors (Lipinski definition) is 0. The summed E-state index contributed by atoms with van der Waals surface area (Å²) in [6.07, 6.45) is 0.204. The van der Waals surface area contributed by atoms with E-state index in [1.165, 1.54) is 5.56 Å². The van der Waals surface area contributed by atoms with Gasteiger partial charge in [-0.3, -0.25) is 4.79 Å². The fraction of sp³-hybridized carbons (Fsp3) is 0.588. The highest BCUT2D eigenvalue weighted by atomic mass is 32.2. The highest BCUT2D eigenvalue weighted by Gasteiger charge is 2.45. The lowest BCUT2D eigenvalue weighted by atomic mass is 10.2. The van der Waals surface area contributed by atoms with Crippen molar-refractivity contribution in [3.05, 3.63) is 29.8 Å². The molecule has 0 aliphatic carbocycles. The second-order valence-corrected chi connectivity index (χ2v) is 13.3. The van der Waals surface area contributed by atoms with Gasteiger partial charge in [0, 0.05) is 4.90 Å². The van der Waals surface area contributed by atoms with E-state index in [9.17, 15) is 4.79 Å². The van der Waals surface area contributed by atoms with Crippen molar-refractivity contribution >= 4 is 26.0 Å². The van der Waals surface area contributed by atoms with Crippen LogP contribution in [0.4, 0.5) is 0 Å². The molecule has 122 valence electrons. The third kappa shape index (κ3) is 4.15. The molecule has 1 aliphatic rings. The van der Waals surface area contributed by atoms with E-state index < -0.39 is 8.32 Å². The summed E-state index contributed by atoms with van der Waals surface area (Å²) in [6, 6.07) is 8.27. The molecule has 1 saturated heterocycles. The zero-order chi connectivity index (χ0) is 16.5. The molecule has 5 heteroatoms. The maximum atomic E-state index is 11.7. The maximum Gasteiger partial charge on any atom is 0.309 e. The van der Waals surface area contributed by atoms with Crippen LogP contribution in [0, 0.1) is 6.92 Å². The van der Waals surface area contributed by atoms with Gasteiger partial charge in [0.2, 0.25) is 0 Å². The first-order chi connectivity index (χ1) is 10.1. The van der Waals surface area contributed by atoms with Crippen LogP contribution in [0.5, 0.6) is 0 Å². The first kappa shape index (κ1) is 17.6. The minimum Gasteiger partial charge on any atom is -0.448 e. The fourth-order valence-corrected chi connectivity index (χ4v) is 4.45. The van der Waals surface area contributed by atoms with Crippen LogP contribution in [0.1, 0.15) is 32.8 Å². The van der Waals surface area contributed by atoms with E-state index in [0.29, 0.717) is 6.42 Å². The fourth-order valence-electron chi connectivity index (χ4n) is 2.02. The number of cyclic esters (lactones) is 1. The lowest BCUT2D eigenvalue weighted by Crippen LogP contribution is -2.45. The van der Waals surface area contributed by atoms with E-state index in [2.05, 4.69) is 65.1 Å². The van der Waals surface area contributed by atoms with E-state index >= 15 is 0 Å². The van der Waals surface area contributed by atoms with Crippen LogP contribution in [-0.2, 0) is 14.0 Å². The van der Waals surface area contributed by atoms with Gasteiger partial charge in [0.1, 0.15) is 6.10 Å². The lowest BCUT2D eigenvalue weighted by Gasteiger charge is -2.38. The summed E-state index contributed by atoms with van der Waals surface area (Å²) in [6.45, 7) is 13.1. The SMILES string of the molecule is Cc1ccc(S[C@H]2OC(=O)C[C@H]2O[Si](C)(C)C(C)(C)C)cc1. The average Bonchev–Trinajstić information content (AvgIpc) is 2.70. The van der Waals surface area contributed by atoms with Gasteiger partial charge in [-0.25, -0.2) is 0 Å². The predicted molar refractivity (Wildman–Crippen MR) is 93.6 cm³/mol. The predicted octanol–water partition coefficient (Wildman–Crippen LogP) is 4.75. The zero-order valence-corrected chi connectivity index (χ0v) is 16.1. The van der Waals surface area contributed by atoms with Gasteiger partial charge in [0.05, 0.1) is 6.42 Å². The molecule has 0 spiro atoms. The molecular formula is C17H26O3SSi. The largest absolute Gasteiger partial charge is 0.448 e. The van der Waals surface area contributed by atoms with Crippen LogP contribution < -0.4 is 0 Å². The zero-order valence-electron chi connectivity index (χ0n) is 14.3. The summed E-state index contributed by atoms with van der Waals surface area (Å²) in [4.78, 5) is 12.8. The molecule has 0 N–H and O–H groups in total. The summed E-state index contributed by atoms with van der Waals surface area (Å²) >= 11 is 1.58. The molecule has 1 heterocycles. The number of ether oxygens (including phenoxy) is 1. The third-order valence-corrected chi connectivity index (χ3v) is 10.1. The topological polar surface area (TPSA) is 35.5 Å². The van der Waals surface area contributed by atoms with Crippen LogP contribution >= 0.6 is 11.8 Å². The maximum absolute atomic E-state index is 11.7. The van der Waals surface area contributed by atoms with Gasteiger partial charge >= 0.3 is 5.97 Å². The summed E-state index contributed by atoms with van der Waals surface area (Å²) in [5, 5.41) is 0.123. The van der Waals surface area contributed by atoms with Crippen molar-refractivity contribution in [3.8, 4) is 0 Å². The van der Waals surface area contributed by atoms with Gasteiger partial charge in [0.15, 0.2) is 13.8 Å². The molecule has 1 aliphatic heterocycles. The Morgan fingerprint density at radius 2 is 1.82 bits per heavy atom. The second-order valence-electron chi connectivity index (χ2n) is 7.41. The smallest absolute Gasteiger partial charge is 0.309 e. The number of rotatable bonds is 4. The number of esters is 1. The van der Waals surface area contributed by atoms with Crippen LogP contribution in [-0.4, -0.2) is 25.8 Å². The van der Waals surface area contributed by atoms with Crippen molar-refractivity contribution in [2.75, 3.05) is 0 Å². The van der Waals surface area contributed by atoms with Crippen molar-refractivity contribution < 1.29 is 14.0 Å². The number of carbonyl (C=O) groups is 1. The molecular weight excluding hydrogens is 312 g/mol. The summed E-state index contributed by atoms with van der Waals surface area (Å²) in [5.41, 5.74) is 0.978. The quantitative estimate of drug-likeness (QED) is 0.586. The highest BCUT2D eigenvalue weighted by molar-refractivity contribution is 7.99. The van der Waals surface area contributed by atoms with Crippen LogP contribution in [0.15, 0.2) is 29.2 Å². The van der Waals surface area contributed by atoms with Gasteiger partial charge in [-0.15, -0.1) is 0 Å². The van der Waals surface area contributed by atoms with E-state index in [0.717, 1.165) is 4.90 Å². The van der Waals surface area contributed by atoms with Gasteiger partial charge in [0.25, 0.3) is 0 Å². The van der Waals surface area contributed by atoms with Crippen molar-refractivity contribution in [1.29, 1.82) is 0 Å². The van der Waals surface area contributed by atoms with Crippen molar-refractivity contribution in [2.24, 2.45) is 0 Å². The van der Waals surface area contributed by atoms with Crippen molar-refractivity contribution in [3.63, 3.8) is 0 Å². The molecule has 0 amide bonds. The Bertz CT molecular complexity index is 534. The Morgan fingerprint density at radius 1 is 1.23 bits per heavy atom. The Hall–Kier alpha value is -0.783. The molecule has 0 unspecified atom stereocenters. The Balaban J connectivity index is 2.09. The number of benzene rings is 1. The van der Waals surface area contributed by atoms with Crippen LogP contribution in [0.25, 0.3) is 0 Å². The van der Waals surface area contributed by atoms with Gasteiger partial charge < -0.3 is 9.16 Å². The molecule has 0 bridgehead atoms. The van der Waals surface area contributed by atoms with Gasteiger partial charge in [-0.2, -0.15) is 0 Å². The molecule has 22 heavy (non-hydrogen) atoms. The van der Waals surface area contributed by atoms with Crippen molar-refractivity contribution in [1.82, 2.24) is 0 Å². The van der Waals surface area contributed by atoms with Crippen LogP contribution in [0.2, 0.25) is 18.1 Å². The number of carbonyl (C=O) groups excluding carboxylic acids is 1. The van der Waals surface area contributed by atoms with E-state index in [4.69, 9.17) is 9.16 Å². The molecule has 1 aromatic rings. The van der Waals surface area contributed by atoms with E-state index in [-0.39, 0.29) is 22.5 Å². The van der Waals surface area contributed by atoms with E-state index in [1.54, 1.807) is 11.8 Å². The number of hydrogen-bond acceptors (Lipinski definition) is 4. The molecule has 1 aromatic carbocycles. The summed E-state index contributed by atoms with van der Waals surface area (Å²) < 4.78 is 11.9. The summed E-state index contributed by atoms with van der Waals surface area (Å²) in [7, 11) is -1.91. The van der Waals surface area contributed by atoms with E-state index in [1.807, 2.05) is 0 Å². The lowest BCUT2D eigenvalue weighted by molar-refractivity contribution is -0.138. The van der Waals surface area contributed by atoms with Gasteiger partial charge in [-0.05, 0) is 37.2 Å². The second kappa shape index (κ2) is 6.38. The first-order valence-electron chi connectivity index (χ1n) is 7.69. The molecule has 2 rings (SSSR count). The molecule has 0 saturated carbocycles. The summed E-state index contributed by atoms with van der Waals surface area (Å²) in [5.74, 6) is -0.159.